The van der Waals surface area contributed by atoms with E-state index in [9.17, 15) is 8.42 Å². The lowest BCUT2D eigenvalue weighted by Gasteiger charge is -2.38. The molecule has 3 nitrogen and oxygen atoms in total. The van der Waals surface area contributed by atoms with Gasteiger partial charge < -0.3 is 0 Å². The molecule has 0 aliphatic carbocycles. The smallest absolute Gasteiger partial charge is 0.211 e. The third kappa shape index (κ3) is 5.38. The first-order chi connectivity index (χ1) is 7.46. The fourth-order valence-corrected chi connectivity index (χ4v) is 3.52. The van der Waals surface area contributed by atoms with Gasteiger partial charge in [0.15, 0.2) is 0 Å². The van der Waals surface area contributed by atoms with Crippen LogP contribution >= 0.6 is 0 Å². The van der Waals surface area contributed by atoms with Gasteiger partial charge in [-0.3, -0.25) is 0 Å². The molecule has 0 aliphatic rings. The normalized spacial score (nSPS) is 14.4. The van der Waals surface area contributed by atoms with E-state index in [0.717, 1.165) is 19.3 Å². The largest absolute Gasteiger partial charge is 0.212 e. The SMILES string of the molecule is CCN(C(C)(C)CCC(C)(C)CC)S(C)(=O)=O. The van der Waals surface area contributed by atoms with Gasteiger partial charge in [-0.1, -0.05) is 34.1 Å². The van der Waals surface area contributed by atoms with Crippen LogP contribution in [0.4, 0.5) is 0 Å². The zero-order valence-electron chi connectivity index (χ0n) is 12.5. The van der Waals surface area contributed by atoms with E-state index in [1.54, 1.807) is 4.31 Å². The first kappa shape index (κ1) is 16.9. The fraction of sp³-hybridized carbons (Fsp3) is 1.00. The number of nitrogens with zero attached hydrogens (tertiary/aromatic N) is 1. The third-order valence-corrected chi connectivity index (χ3v) is 5.29. The van der Waals surface area contributed by atoms with Crippen LogP contribution in [0.2, 0.25) is 0 Å². The van der Waals surface area contributed by atoms with Crippen molar-refractivity contribution in [2.75, 3.05) is 12.8 Å². The summed E-state index contributed by atoms with van der Waals surface area (Å²) in [5.74, 6) is 0. The minimum Gasteiger partial charge on any atom is -0.212 e. The Bertz CT molecular complexity index is 331. The molecule has 17 heavy (non-hydrogen) atoms. The van der Waals surface area contributed by atoms with E-state index in [0.29, 0.717) is 6.54 Å². The summed E-state index contributed by atoms with van der Waals surface area (Å²) in [4.78, 5) is 0. The van der Waals surface area contributed by atoms with Gasteiger partial charge in [0.05, 0.1) is 6.26 Å². The van der Waals surface area contributed by atoms with Gasteiger partial charge in [-0.05, 0) is 32.1 Å². The van der Waals surface area contributed by atoms with Gasteiger partial charge in [-0.15, -0.1) is 0 Å². The number of hydrogen-bond donors (Lipinski definition) is 0. The number of rotatable bonds is 7. The highest BCUT2D eigenvalue weighted by molar-refractivity contribution is 7.88. The maximum Gasteiger partial charge on any atom is 0.211 e. The highest BCUT2D eigenvalue weighted by Crippen LogP contribution is 2.32. The summed E-state index contributed by atoms with van der Waals surface area (Å²) in [6.07, 6.45) is 4.36. The summed E-state index contributed by atoms with van der Waals surface area (Å²) in [6.45, 7) is 13.1. The monoisotopic (exact) mass is 263 g/mol. The molecule has 0 unspecified atom stereocenters. The zero-order valence-corrected chi connectivity index (χ0v) is 13.3. The summed E-state index contributed by atoms with van der Waals surface area (Å²) in [5, 5.41) is 0. The van der Waals surface area contributed by atoms with Crippen LogP contribution in [0.3, 0.4) is 0 Å². The second-order valence-electron chi connectivity index (χ2n) is 6.26. The van der Waals surface area contributed by atoms with Crippen molar-refractivity contribution in [1.82, 2.24) is 4.31 Å². The van der Waals surface area contributed by atoms with Crippen LogP contribution in [0.25, 0.3) is 0 Å². The highest BCUT2D eigenvalue weighted by Gasteiger charge is 2.33. The molecular formula is C13H29NO2S. The molecule has 0 rings (SSSR count). The Morgan fingerprint density at radius 1 is 1.00 bits per heavy atom. The van der Waals surface area contributed by atoms with Gasteiger partial charge in [-0.2, -0.15) is 4.31 Å². The molecule has 0 saturated heterocycles. The predicted octanol–water partition coefficient (Wildman–Crippen LogP) is 3.26. The predicted molar refractivity (Wildman–Crippen MR) is 74.6 cm³/mol. The van der Waals surface area contributed by atoms with E-state index in [1.165, 1.54) is 6.26 Å². The molecule has 0 saturated carbocycles. The van der Waals surface area contributed by atoms with E-state index in [1.807, 2.05) is 20.8 Å². The highest BCUT2D eigenvalue weighted by atomic mass is 32.2. The molecule has 0 radical (unpaired) electrons. The van der Waals surface area contributed by atoms with E-state index < -0.39 is 10.0 Å². The lowest BCUT2D eigenvalue weighted by Crippen LogP contribution is -2.47. The van der Waals surface area contributed by atoms with Crippen LogP contribution in [0, 0.1) is 5.41 Å². The van der Waals surface area contributed by atoms with E-state index in [4.69, 9.17) is 0 Å². The Kier molecular flexibility index (Phi) is 5.67. The Hall–Kier alpha value is -0.0900. The second kappa shape index (κ2) is 5.70. The van der Waals surface area contributed by atoms with Crippen molar-refractivity contribution in [2.45, 2.75) is 66.3 Å². The van der Waals surface area contributed by atoms with Gasteiger partial charge in [0.2, 0.25) is 10.0 Å². The van der Waals surface area contributed by atoms with E-state index in [-0.39, 0.29) is 11.0 Å². The quantitative estimate of drug-likeness (QED) is 0.707. The van der Waals surface area contributed by atoms with Crippen LogP contribution in [0.15, 0.2) is 0 Å². The first-order valence-electron chi connectivity index (χ1n) is 6.44. The van der Waals surface area contributed by atoms with E-state index >= 15 is 0 Å². The first-order valence-corrected chi connectivity index (χ1v) is 8.29. The van der Waals surface area contributed by atoms with Crippen LogP contribution in [-0.2, 0) is 10.0 Å². The lowest BCUT2D eigenvalue weighted by molar-refractivity contribution is 0.182. The molecule has 4 heteroatoms. The van der Waals surface area contributed by atoms with Crippen molar-refractivity contribution >= 4 is 10.0 Å². The van der Waals surface area contributed by atoms with Gasteiger partial charge in [-0.25, -0.2) is 8.42 Å². The van der Waals surface area contributed by atoms with Crippen molar-refractivity contribution in [3.05, 3.63) is 0 Å². The molecule has 0 fully saturated rings. The summed E-state index contributed by atoms with van der Waals surface area (Å²) in [5.41, 5.74) is -0.0110. The second-order valence-corrected chi connectivity index (χ2v) is 8.16. The van der Waals surface area contributed by atoms with Crippen LogP contribution in [0.1, 0.15) is 60.8 Å². The number of sulfonamides is 1. The molecule has 0 aromatic carbocycles. The molecule has 0 bridgehead atoms. The Morgan fingerprint density at radius 3 is 1.76 bits per heavy atom. The summed E-state index contributed by atoms with van der Waals surface area (Å²) in [7, 11) is -3.11. The molecule has 0 atom stereocenters. The molecule has 0 heterocycles. The average Bonchev–Trinajstić information content (AvgIpc) is 2.13. The molecule has 0 amide bonds. The van der Waals surface area contributed by atoms with Crippen molar-refractivity contribution in [2.24, 2.45) is 5.41 Å². The molecule has 0 aromatic rings. The Morgan fingerprint density at radius 2 is 1.47 bits per heavy atom. The van der Waals surface area contributed by atoms with Crippen molar-refractivity contribution in [3.63, 3.8) is 0 Å². The molecular weight excluding hydrogens is 234 g/mol. The van der Waals surface area contributed by atoms with Crippen LogP contribution < -0.4 is 0 Å². The standard InChI is InChI=1S/C13H29NO2S/c1-8-12(3,4)10-11-13(5,6)14(9-2)17(7,15)16/h8-11H2,1-7H3. The zero-order chi connectivity index (χ0) is 13.9. The van der Waals surface area contributed by atoms with Gasteiger partial charge in [0.25, 0.3) is 0 Å². The summed E-state index contributed by atoms with van der Waals surface area (Å²) in [6, 6.07) is 0. The van der Waals surface area contributed by atoms with Gasteiger partial charge in [0.1, 0.15) is 0 Å². The van der Waals surface area contributed by atoms with Gasteiger partial charge in [0, 0.05) is 12.1 Å². The maximum absolute atomic E-state index is 11.7. The lowest BCUT2D eigenvalue weighted by atomic mass is 9.81. The molecule has 0 N–H and O–H groups in total. The molecule has 104 valence electrons. The minimum absolute atomic E-state index is 0.286. The van der Waals surface area contributed by atoms with Gasteiger partial charge >= 0.3 is 0 Å². The van der Waals surface area contributed by atoms with Crippen molar-refractivity contribution in [3.8, 4) is 0 Å². The van der Waals surface area contributed by atoms with Crippen molar-refractivity contribution in [1.29, 1.82) is 0 Å². The Balaban J connectivity index is 4.78. The van der Waals surface area contributed by atoms with Crippen LogP contribution in [0.5, 0.6) is 0 Å². The number of hydrogen-bond acceptors (Lipinski definition) is 2. The van der Waals surface area contributed by atoms with Crippen LogP contribution in [-0.4, -0.2) is 31.1 Å². The third-order valence-electron chi connectivity index (χ3n) is 3.73. The van der Waals surface area contributed by atoms with Crippen molar-refractivity contribution < 1.29 is 8.42 Å². The molecule has 0 aliphatic heterocycles. The summed E-state index contributed by atoms with van der Waals surface area (Å²) >= 11 is 0. The Labute approximate surface area is 108 Å². The van der Waals surface area contributed by atoms with E-state index in [2.05, 4.69) is 20.8 Å². The molecule has 0 spiro atoms. The topological polar surface area (TPSA) is 37.4 Å². The molecule has 0 aromatic heterocycles. The fourth-order valence-electron chi connectivity index (χ4n) is 2.06. The maximum atomic E-state index is 11.7. The summed E-state index contributed by atoms with van der Waals surface area (Å²) < 4.78 is 25.1. The minimum atomic E-state index is -3.11. The average molecular weight is 263 g/mol.